The van der Waals surface area contributed by atoms with Gasteiger partial charge in [0.25, 0.3) is 0 Å². The molecule has 0 aliphatic rings. The lowest BCUT2D eigenvalue weighted by atomic mass is 9.96. The third kappa shape index (κ3) is 3.53. The lowest BCUT2D eigenvalue weighted by Crippen LogP contribution is -2.12. The van der Waals surface area contributed by atoms with Gasteiger partial charge in [0.15, 0.2) is 11.5 Å². The Labute approximate surface area is 114 Å². The van der Waals surface area contributed by atoms with Crippen LogP contribution in [0, 0.1) is 0 Å². The lowest BCUT2D eigenvalue weighted by Gasteiger charge is -2.22. The first-order valence-corrected chi connectivity index (χ1v) is 6.62. The zero-order chi connectivity index (χ0) is 13.7. The second-order valence-corrected chi connectivity index (χ2v) is 5.04. The molecular formula is C14H22ClNO2. The molecule has 4 heteroatoms. The number of halogens is 1. The molecule has 1 aromatic rings. The van der Waals surface area contributed by atoms with Gasteiger partial charge in [0, 0.05) is 10.6 Å². The molecule has 1 unspecified atom stereocenters. The van der Waals surface area contributed by atoms with E-state index in [1.165, 1.54) is 0 Å². The van der Waals surface area contributed by atoms with Crippen molar-refractivity contribution in [3.8, 4) is 11.5 Å². The number of hydrogen-bond acceptors (Lipinski definition) is 3. The highest BCUT2D eigenvalue weighted by Crippen LogP contribution is 2.41. The van der Waals surface area contributed by atoms with E-state index in [4.69, 9.17) is 26.8 Å². The lowest BCUT2D eigenvalue weighted by molar-refractivity contribution is 0.226. The van der Waals surface area contributed by atoms with Gasteiger partial charge < -0.3 is 15.2 Å². The standard InChI is InChI=1S/C14H22ClNO2/c1-9(2)18-14-12(17-4)6-5-11(15)13(14)10(3)7-8-16/h5-6,9-10H,7-8,16H2,1-4H3. The second kappa shape index (κ2) is 6.86. The summed E-state index contributed by atoms with van der Waals surface area (Å²) in [4.78, 5) is 0. The van der Waals surface area contributed by atoms with E-state index in [9.17, 15) is 0 Å². The molecule has 0 bridgehead atoms. The maximum atomic E-state index is 6.30. The van der Waals surface area contributed by atoms with Crippen LogP contribution in [0.2, 0.25) is 5.02 Å². The largest absolute Gasteiger partial charge is 0.493 e. The smallest absolute Gasteiger partial charge is 0.166 e. The summed E-state index contributed by atoms with van der Waals surface area (Å²) in [6.45, 7) is 6.69. The molecule has 0 fully saturated rings. The average molecular weight is 272 g/mol. The van der Waals surface area contributed by atoms with Crippen molar-refractivity contribution in [3.05, 3.63) is 22.7 Å². The van der Waals surface area contributed by atoms with E-state index in [1.54, 1.807) is 7.11 Å². The molecule has 1 rings (SSSR count). The quantitative estimate of drug-likeness (QED) is 0.860. The van der Waals surface area contributed by atoms with E-state index < -0.39 is 0 Å². The topological polar surface area (TPSA) is 44.5 Å². The Kier molecular flexibility index (Phi) is 5.76. The van der Waals surface area contributed by atoms with Crippen LogP contribution in [0.1, 0.15) is 38.7 Å². The maximum Gasteiger partial charge on any atom is 0.166 e. The molecule has 0 amide bonds. The summed E-state index contributed by atoms with van der Waals surface area (Å²) < 4.78 is 11.2. The minimum absolute atomic E-state index is 0.0705. The first-order chi connectivity index (χ1) is 8.51. The van der Waals surface area contributed by atoms with Gasteiger partial charge in [0.2, 0.25) is 0 Å². The number of rotatable bonds is 6. The van der Waals surface area contributed by atoms with Crippen LogP contribution in [-0.2, 0) is 0 Å². The number of benzene rings is 1. The molecule has 3 nitrogen and oxygen atoms in total. The van der Waals surface area contributed by atoms with Gasteiger partial charge in [0.05, 0.1) is 13.2 Å². The van der Waals surface area contributed by atoms with Crippen molar-refractivity contribution in [1.82, 2.24) is 0 Å². The van der Waals surface area contributed by atoms with Crippen LogP contribution in [0.3, 0.4) is 0 Å². The maximum absolute atomic E-state index is 6.30. The fraction of sp³-hybridized carbons (Fsp3) is 0.571. The zero-order valence-corrected chi connectivity index (χ0v) is 12.3. The zero-order valence-electron chi connectivity index (χ0n) is 11.5. The van der Waals surface area contributed by atoms with Crippen molar-refractivity contribution >= 4 is 11.6 Å². The van der Waals surface area contributed by atoms with Crippen LogP contribution in [0.4, 0.5) is 0 Å². The van der Waals surface area contributed by atoms with E-state index in [1.807, 2.05) is 26.0 Å². The van der Waals surface area contributed by atoms with Crippen molar-refractivity contribution in [2.45, 2.75) is 39.2 Å². The van der Waals surface area contributed by atoms with Crippen LogP contribution < -0.4 is 15.2 Å². The van der Waals surface area contributed by atoms with Crippen LogP contribution in [0.15, 0.2) is 12.1 Å². The number of nitrogens with two attached hydrogens (primary N) is 1. The monoisotopic (exact) mass is 271 g/mol. The minimum Gasteiger partial charge on any atom is -0.493 e. The van der Waals surface area contributed by atoms with Gasteiger partial charge in [-0.2, -0.15) is 0 Å². The summed E-state index contributed by atoms with van der Waals surface area (Å²) in [7, 11) is 1.63. The van der Waals surface area contributed by atoms with Crippen molar-refractivity contribution < 1.29 is 9.47 Å². The Morgan fingerprint density at radius 1 is 1.28 bits per heavy atom. The van der Waals surface area contributed by atoms with Crippen LogP contribution in [0.5, 0.6) is 11.5 Å². The van der Waals surface area contributed by atoms with Crippen molar-refractivity contribution in [2.24, 2.45) is 5.73 Å². The predicted molar refractivity (Wildman–Crippen MR) is 75.9 cm³/mol. The third-order valence-corrected chi connectivity index (χ3v) is 3.10. The number of methoxy groups -OCH3 is 1. The number of hydrogen-bond donors (Lipinski definition) is 1. The van der Waals surface area contributed by atoms with Crippen molar-refractivity contribution in [3.63, 3.8) is 0 Å². The predicted octanol–water partition coefficient (Wildman–Crippen LogP) is 3.59. The number of ether oxygens (including phenoxy) is 2. The molecule has 0 heterocycles. The third-order valence-electron chi connectivity index (χ3n) is 2.77. The van der Waals surface area contributed by atoms with Crippen LogP contribution in [0.25, 0.3) is 0 Å². The second-order valence-electron chi connectivity index (χ2n) is 4.64. The molecular weight excluding hydrogens is 250 g/mol. The Hall–Kier alpha value is -0.930. The molecule has 2 N–H and O–H groups in total. The van der Waals surface area contributed by atoms with E-state index in [0.717, 1.165) is 17.7 Å². The Morgan fingerprint density at radius 2 is 1.94 bits per heavy atom. The van der Waals surface area contributed by atoms with Gasteiger partial charge >= 0.3 is 0 Å². The minimum atomic E-state index is 0.0705. The summed E-state index contributed by atoms with van der Waals surface area (Å²) >= 11 is 6.30. The highest BCUT2D eigenvalue weighted by atomic mass is 35.5. The van der Waals surface area contributed by atoms with Gasteiger partial charge in [-0.3, -0.25) is 0 Å². The molecule has 0 saturated heterocycles. The fourth-order valence-electron chi connectivity index (χ4n) is 1.93. The molecule has 1 aromatic carbocycles. The van der Waals surface area contributed by atoms with Crippen molar-refractivity contribution in [1.29, 1.82) is 0 Å². The van der Waals surface area contributed by atoms with E-state index >= 15 is 0 Å². The Morgan fingerprint density at radius 3 is 2.44 bits per heavy atom. The molecule has 18 heavy (non-hydrogen) atoms. The fourth-order valence-corrected chi connectivity index (χ4v) is 2.26. The van der Waals surface area contributed by atoms with E-state index in [2.05, 4.69) is 6.92 Å². The van der Waals surface area contributed by atoms with Gasteiger partial charge in [-0.05, 0) is 44.9 Å². The van der Waals surface area contributed by atoms with Gasteiger partial charge in [-0.25, -0.2) is 0 Å². The van der Waals surface area contributed by atoms with E-state index in [0.29, 0.717) is 17.3 Å². The van der Waals surface area contributed by atoms with Crippen LogP contribution >= 0.6 is 11.6 Å². The Balaban J connectivity index is 3.26. The first-order valence-electron chi connectivity index (χ1n) is 6.24. The Bertz CT molecular complexity index is 394. The SMILES string of the molecule is COc1ccc(Cl)c(C(C)CCN)c1OC(C)C. The van der Waals surface area contributed by atoms with Crippen LogP contribution in [-0.4, -0.2) is 19.8 Å². The highest BCUT2D eigenvalue weighted by molar-refractivity contribution is 6.31. The summed E-state index contributed by atoms with van der Waals surface area (Å²) in [5.74, 6) is 1.69. The van der Waals surface area contributed by atoms with Gasteiger partial charge in [-0.1, -0.05) is 18.5 Å². The summed E-state index contributed by atoms with van der Waals surface area (Å²) in [5, 5.41) is 0.701. The van der Waals surface area contributed by atoms with Gasteiger partial charge in [-0.15, -0.1) is 0 Å². The average Bonchev–Trinajstić information content (AvgIpc) is 2.29. The molecule has 0 aliphatic carbocycles. The molecule has 0 saturated carbocycles. The normalized spacial score (nSPS) is 12.6. The molecule has 0 aromatic heterocycles. The summed E-state index contributed by atoms with van der Waals surface area (Å²) in [6.07, 6.45) is 0.933. The molecule has 0 radical (unpaired) electrons. The van der Waals surface area contributed by atoms with Crippen molar-refractivity contribution in [2.75, 3.05) is 13.7 Å². The first kappa shape index (κ1) is 15.1. The molecule has 102 valence electrons. The molecule has 0 aliphatic heterocycles. The summed E-state index contributed by atoms with van der Waals surface area (Å²) in [5.41, 5.74) is 6.61. The van der Waals surface area contributed by atoms with E-state index in [-0.39, 0.29) is 12.0 Å². The molecule has 1 atom stereocenters. The van der Waals surface area contributed by atoms with Gasteiger partial charge in [0.1, 0.15) is 0 Å². The molecule has 0 spiro atoms. The highest BCUT2D eigenvalue weighted by Gasteiger charge is 2.20. The summed E-state index contributed by atoms with van der Waals surface area (Å²) in [6, 6.07) is 3.68.